The largest absolute Gasteiger partial charge is 0.462 e. The minimum Gasteiger partial charge on any atom is -0.462 e. The highest BCUT2D eigenvalue weighted by atomic mass is 19.4. The topological polar surface area (TPSA) is 128 Å². The van der Waals surface area contributed by atoms with Crippen molar-refractivity contribution in [3.05, 3.63) is 120 Å². The molecule has 0 unspecified atom stereocenters. The van der Waals surface area contributed by atoms with Gasteiger partial charge in [-0.25, -0.2) is 4.79 Å². The van der Waals surface area contributed by atoms with Gasteiger partial charge in [-0.2, -0.15) is 26.3 Å². The number of hydrogen-bond donors (Lipinski definition) is 2. The summed E-state index contributed by atoms with van der Waals surface area (Å²) in [6, 6.07) is 23.3. The van der Waals surface area contributed by atoms with E-state index in [1.165, 1.54) is 37.8 Å². The van der Waals surface area contributed by atoms with Gasteiger partial charge in [0.1, 0.15) is 0 Å². The van der Waals surface area contributed by atoms with Gasteiger partial charge in [-0.1, -0.05) is 24.3 Å². The molecule has 0 radical (unpaired) electrons. The van der Waals surface area contributed by atoms with Crippen molar-refractivity contribution in [2.75, 3.05) is 17.7 Å². The number of rotatable bonds is 7. The Labute approximate surface area is 267 Å². The van der Waals surface area contributed by atoms with Gasteiger partial charge in [0.15, 0.2) is 0 Å². The summed E-state index contributed by atoms with van der Waals surface area (Å²) >= 11 is 0. The Morgan fingerprint density at radius 1 is 0.646 bits per heavy atom. The number of anilines is 4. The average Bonchev–Trinajstić information content (AvgIpc) is 3.79. The van der Waals surface area contributed by atoms with Crippen LogP contribution in [0.4, 0.5) is 49.1 Å². The molecule has 0 spiro atoms. The zero-order chi connectivity index (χ0) is 34.3. The van der Waals surface area contributed by atoms with Crippen LogP contribution in [0.15, 0.2) is 112 Å². The molecule has 0 saturated carbocycles. The third kappa shape index (κ3) is 8.14. The molecule has 246 valence electrons. The number of aromatic nitrogens is 4. The first kappa shape index (κ1) is 33.2. The third-order valence-corrected chi connectivity index (χ3v) is 6.44. The maximum atomic E-state index is 12.6. The molecule has 16 heteroatoms. The Morgan fingerprint density at radius 3 is 1.56 bits per heavy atom. The van der Waals surface area contributed by atoms with Gasteiger partial charge in [0.05, 0.1) is 40.7 Å². The minimum atomic E-state index is -4.40. The fraction of sp³-hybridized carbons (Fsp3) is 0.0938. The molecule has 10 nitrogen and oxygen atoms in total. The Kier molecular flexibility index (Phi) is 9.72. The standard InChI is InChI=1S/C17H12F3N3O3.C15H10F3N3O/c1-25-16(24)15-23-22-14(26-15)12-4-2-3-5-13(12)21-11-8-6-10(7-9-11)17(18,19)20;16-15(17,18)10-5-7-11(8-6-10)20-13-4-2-1-3-12(13)14-21-19-9-22-14/h2-9,21H,1H3;1-9,20H. The van der Waals surface area contributed by atoms with Crippen LogP contribution >= 0.6 is 0 Å². The summed E-state index contributed by atoms with van der Waals surface area (Å²) in [6.07, 6.45) is -7.53. The number of nitrogens with zero attached hydrogens (tertiary/aromatic N) is 4. The molecular weight excluding hydrogens is 646 g/mol. The van der Waals surface area contributed by atoms with Crippen LogP contribution in [0.3, 0.4) is 0 Å². The number of ether oxygens (including phenoxy) is 1. The predicted molar refractivity (Wildman–Crippen MR) is 160 cm³/mol. The summed E-state index contributed by atoms with van der Waals surface area (Å²) in [6.45, 7) is 0. The maximum absolute atomic E-state index is 12.6. The number of methoxy groups -OCH3 is 1. The van der Waals surface area contributed by atoms with E-state index in [1.807, 2.05) is 0 Å². The number of hydrogen-bond acceptors (Lipinski definition) is 10. The Morgan fingerprint density at radius 2 is 1.12 bits per heavy atom. The number of benzene rings is 4. The normalized spacial score (nSPS) is 11.3. The first-order valence-corrected chi connectivity index (χ1v) is 13.7. The monoisotopic (exact) mass is 668 g/mol. The predicted octanol–water partition coefficient (Wildman–Crippen LogP) is 8.78. The molecular formula is C32H22F6N6O4. The lowest BCUT2D eigenvalue weighted by atomic mass is 10.1. The Hall–Kier alpha value is -6.19. The molecule has 2 aromatic heterocycles. The molecule has 0 amide bonds. The molecule has 0 aliphatic carbocycles. The van der Waals surface area contributed by atoms with Crippen LogP contribution in [-0.2, 0) is 17.1 Å². The maximum Gasteiger partial charge on any atom is 0.416 e. The van der Waals surface area contributed by atoms with E-state index >= 15 is 0 Å². The van der Waals surface area contributed by atoms with Gasteiger partial charge in [0.2, 0.25) is 12.3 Å². The molecule has 2 N–H and O–H groups in total. The van der Waals surface area contributed by atoms with E-state index < -0.39 is 29.4 Å². The van der Waals surface area contributed by atoms with Crippen molar-refractivity contribution in [2.45, 2.75) is 12.4 Å². The molecule has 0 bridgehead atoms. The zero-order valence-corrected chi connectivity index (χ0v) is 24.5. The first-order valence-electron chi connectivity index (χ1n) is 13.7. The molecule has 0 aliphatic heterocycles. The number of alkyl halides is 6. The quantitative estimate of drug-likeness (QED) is 0.126. The van der Waals surface area contributed by atoms with Crippen molar-refractivity contribution in [1.29, 1.82) is 0 Å². The van der Waals surface area contributed by atoms with Gasteiger partial charge in [0, 0.05) is 11.4 Å². The van der Waals surface area contributed by atoms with Crippen molar-refractivity contribution >= 4 is 28.7 Å². The fourth-order valence-corrected chi connectivity index (χ4v) is 4.15. The molecule has 2 heterocycles. The molecule has 0 atom stereocenters. The molecule has 0 saturated heterocycles. The molecule has 6 aromatic rings. The average molecular weight is 669 g/mol. The van der Waals surface area contributed by atoms with Crippen LogP contribution in [0, 0.1) is 0 Å². The van der Waals surface area contributed by atoms with Crippen LogP contribution in [0.2, 0.25) is 0 Å². The molecule has 48 heavy (non-hydrogen) atoms. The first-order chi connectivity index (χ1) is 22.9. The van der Waals surface area contributed by atoms with Gasteiger partial charge in [-0.15, -0.1) is 20.4 Å². The second-order valence-corrected chi connectivity index (χ2v) is 9.64. The number of carbonyl (C=O) groups excluding carboxylic acids is 1. The number of nitrogens with one attached hydrogen (secondary N) is 2. The van der Waals surface area contributed by atoms with Crippen LogP contribution < -0.4 is 10.6 Å². The van der Waals surface area contributed by atoms with Crippen LogP contribution in [-0.4, -0.2) is 33.5 Å². The van der Waals surface area contributed by atoms with Gasteiger partial charge in [-0.3, -0.25) is 0 Å². The second-order valence-electron chi connectivity index (χ2n) is 9.64. The van der Waals surface area contributed by atoms with Gasteiger partial charge < -0.3 is 24.2 Å². The van der Waals surface area contributed by atoms with Crippen molar-refractivity contribution in [3.8, 4) is 22.9 Å². The lowest BCUT2D eigenvalue weighted by Gasteiger charge is -2.11. The van der Waals surface area contributed by atoms with Crippen molar-refractivity contribution in [1.82, 2.24) is 20.4 Å². The highest BCUT2D eigenvalue weighted by molar-refractivity contribution is 5.85. The van der Waals surface area contributed by atoms with Crippen molar-refractivity contribution in [3.63, 3.8) is 0 Å². The molecule has 0 fully saturated rings. The molecule has 6 rings (SSSR count). The second kappa shape index (κ2) is 14.1. The van der Waals surface area contributed by atoms with Gasteiger partial charge in [-0.05, 0) is 72.8 Å². The third-order valence-electron chi connectivity index (χ3n) is 6.44. The van der Waals surface area contributed by atoms with Crippen molar-refractivity contribution < 1.29 is 44.7 Å². The van der Waals surface area contributed by atoms with E-state index in [2.05, 4.69) is 35.8 Å². The molecule has 4 aromatic carbocycles. The highest BCUT2D eigenvalue weighted by Gasteiger charge is 2.31. The summed E-state index contributed by atoms with van der Waals surface area (Å²) in [5.74, 6) is -0.667. The summed E-state index contributed by atoms with van der Waals surface area (Å²) in [5, 5.41) is 20.9. The van der Waals surface area contributed by atoms with Crippen LogP contribution in [0.1, 0.15) is 21.8 Å². The van der Waals surface area contributed by atoms with Crippen LogP contribution in [0.25, 0.3) is 22.9 Å². The summed E-state index contributed by atoms with van der Waals surface area (Å²) in [5.41, 5.74) is 1.87. The summed E-state index contributed by atoms with van der Waals surface area (Å²) in [4.78, 5) is 11.4. The number of para-hydroxylation sites is 2. The van der Waals surface area contributed by atoms with Gasteiger partial charge in [0.25, 0.3) is 5.89 Å². The van der Waals surface area contributed by atoms with E-state index in [-0.39, 0.29) is 11.8 Å². The Balaban J connectivity index is 0.000000190. The number of halogens is 6. The molecule has 0 aliphatic rings. The summed E-state index contributed by atoms with van der Waals surface area (Å²) < 4.78 is 90.5. The lowest BCUT2D eigenvalue weighted by molar-refractivity contribution is -0.138. The van der Waals surface area contributed by atoms with E-state index in [0.29, 0.717) is 39.8 Å². The van der Waals surface area contributed by atoms with E-state index in [4.69, 9.17) is 8.83 Å². The van der Waals surface area contributed by atoms with E-state index in [9.17, 15) is 31.1 Å². The fourth-order valence-electron chi connectivity index (χ4n) is 4.15. The zero-order valence-electron chi connectivity index (χ0n) is 24.5. The Bertz CT molecular complexity index is 1960. The van der Waals surface area contributed by atoms with Gasteiger partial charge >= 0.3 is 24.2 Å². The summed E-state index contributed by atoms with van der Waals surface area (Å²) in [7, 11) is 1.19. The van der Waals surface area contributed by atoms with Crippen molar-refractivity contribution in [2.24, 2.45) is 0 Å². The van der Waals surface area contributed by atoms with Crippen LogP contribution in [0.5, 0.6) is 0 Å². The number of esters is 1. The van der Waals surface area contributed by atoms with E-state index in [1.54, 1.807) is 48.5 Å². The smallest absolute Gasteiger partial charge is 0.416 e. The van der Waals surface area contributed by atoms with E-state index in [0.717, 1.165) is 24.3 Å². The highest BCUT2D eigenvalue weighted by Crippen LogP contribution is 2.34. The SMILES string of the molecule is COC(=O)c1nnc(-c2ccccc2Nc2ccc(C(F)(F)F)cc2)o1.FC(F)(F)c1ccc(Nc2ccccc2-c2nnco2)cc1. The minimum absolute atomic E-state index is 0.0698. The number of carbonyl (C=O) groups is 1. The lowest BCUT2D eigenvalue weighted by Crippen LogP contribution is -2.04.